The van der Waals surface area contributed by atoms with Crippen LogP contribution < -0.4 is 0 Å². The highest BCUT2D eigenvalue weighted by Crippen LogP contribution is 2.40. The molecule has 0 N–H and O–H groups in total. The molecule has 0 aromatic heterocycles. The molecule has 3 heterocycles. The van der Waals surface area contributed by atoms with Crippen LogP contribution in [0, 0.1) is 0 Å². The highest BCUT2D eigenvalue weighted by molar-refractivity contribution is 4.96. The fourth-order valence-corrected chi connectivity index (χ4v) is 4.37. The molecule has 3 rings (SSSR count). The van der Waals surface area contributed by atoms with Crippen LogP contribution in [-0.4, -0.2) is 59.6 Å². The van der Waals surface area contributed by atoms with Crippen molar-refractivity contribution in [2.24, 2.45) is 0 Å². The average molecular weight is 296 g/mol. The molecular formula is C17H32N2O2. The Bertz CT molecular complexity index is 342. The SMILES string of the molecule is CC1(C)CCCC(C)(C)N1N1CCC(OCC2CO2)CC1. The summed E-state index contributed by atoms with van der Waals surface area (Å²) >= 11 is 0. The Morgan fingerprint density at radius 2 is 1.62 bits per heavy atom. The molecule has 21 heavy (non-hydrogen) atoms. The molecule has 3 aliphatic heterocycles. The molecule has 0 aliphatic carbocycles. The summed E-state index contributed by atoms with van der Waals surface area (Å²) in [7, 11) is 0. The Kier molecular flexibility index (Phi) is 4.34. The molecule has 0 radical (unpaired) electrons. The Balaban J connectivity index is 1.56. The number of nitrogens with zero attached hydrogens (tertiary/aromatic N) is 2. The van der Waals surface area contributed by atoms with E-state index in [0.717, 1.165) is 39.1 Å². The van der Waals surface area contributed by atoms with Crippen molar-refractivity contribution in [1.82, 2.24) is 10.0 Å². The largest absolute Gasteiger partial charge is 0.375 e. The third kappa shape index (κ3) is 3.61. The van der Waals surface area contributed by atoms with E-state index in [9.17, 15) is 0 Å². The van der Waals surface area contributed by atoms with E-state index < -0.39 is 0 Å². The lowest BCUT2D eigenvalue weighted by Gasteiger charge is -2.58. The molecule has 122 valence electrons. The third-order valence-electron chi connectivity index (χ3n) is 5.35. The normalized spacial score (nSPS) is 34.0. The van der Waals surface area contributed by atoms with Gasteiger partial charge in [-0.15, -0.1) is 0 Å². The highest BCUT2D eigenvalue weighted by atomic mass is 16.6. The predicted octanol–water partition coefficient (Wildman–Crippen LogP) is 2.82. The predicted molar refractivity (Wildman–Crippen MR) is 84.1 cm³/mol. The van der Waals surface area contributed by atoms with Gasteiger partial charge in [-0.3, -0.25) is 0 Å². The van der Waals surface area contributed by atoms with E-state index in [4.69, 9.17) is 9.47 Å². The Hall–Kier alpha value is -0.160. The summed E-state index contributed by atoms with van der Waals surface area (Å²) in [5.41, 5.74) is 0.550. The first kappa shape index (κ1) is 15.7. The second-order valence-electron chi connectivity index (χ2n) is 8.23. The lowest BCUT2D eigenvalue weighted by Crippen LogP contribution is -2.66. The molecule has 0 amide bonds. The van der Waals surface area contributed by atoms with Crippen LogP contribution in [0.25, 0.3) is 0 Å². The van der Waals surface area contributed by atoms with Gasteiger partial charge in [-0.2, -0.15) is 0 Å². The minimum Gasteiger partial charge on any atom is -0.375 e. The average Bonchev–Trinajstić information content (AvgIpc) is 3.20. The molecule has 3 saturated heterocycles. The number of hydrogen-bond donors (Lipinski definition) is 0. The van der Waals surface area contributed by atoms with E-state index >= 15 is 0 Å². The second-order valence-corrected chi connectivity index (χ2v) is 8.23. The van der Waals surface area contributed by atoms with Crippen molar-refractivity contribution >= 4 is 0 Å². The van der Waals surface area contributed by atoms with Gasteiger partial charge in [0.05, 0.1) is 19.3 Å². The summed E-state index contributed by atoms with van der Waals surface area (Å²) in [6.45, 7) is 13.6. The maximum atomic E-state index is 5.98. The number of epoxide rings is 1. The van der Waals surface area contributed by atoms with Crippen molar-refractivity contribution in [3.63, 3.8) is 0 Å². The van der Waals surface area contributed by atoms with Crippen LogP contribution in [0.3, 0.4) is 0 Å². The van der Waals surface area contributed by atoms with Gasteiger partial charge in [0.25, 0.3) is 0 Å². The van der Waals surface area contributed by atoms with Crippen molar-refractivity contribution in [3.05, 3.63) is 0 Å². The molecule has 0 aromatic rings. The lowest BCUT2D eigenvalue weighted by atomic mass is 9.81. The summed E-state index contributed by atoms with van der Waals surface area (Å²) in [4.78, 5) is 0. The van der Waals surface area contributed by atoms with Gasteiger partial charge in [0.15, 0.2) is 0 Å². The van der Waals surface area contributed by atoms with Crippen molar-refractivity contribution in [3.8, 4) is 0 Å². The van der Waals surface area contributed by atoms with Crippen LogP contribution in [-0.2, 0) is 9.47 Å². The van der Waals surface area contributed by atoms with Crippen LogP contribution in [0.15, 0.2) is 0 Å². The summed E-state index contributed by atoms with van der Waals surface area (Å²) in [6.07, 6.45) is 7.06. The van der Waals surface area contributed by atoms with Crippen molar-refractivity contribution in [2.45, 2.75) is 83.1 Å². The Morgan fingerprint density at radius 1 is 1.05 bits per heavy atom. The fourth-order valence-electron chi connectivity index (χ4n) is 4.37. The monoisotopic (exact) mass is 296 g/mol. The number of rotatable bonds is 4. The molecule has 0 bridgehead atoms. The van der Waals surface area contributed by atoms with E-state index in [2.05, 4.69) is 37.7 Å². The quantitative estimate of drug-likeness (QED) is 0.746. The van der Waals surface area contributed by atoms with Crippen LogP contribution in [0.4, 0.5) is 0 Å². The smallest absolute Gasteiger partial charge is 0.104 e. The van der Waals surface area contributed by atoms with Crippen molar-refractivity contribution < 1.29 is 9.47 Å². The molecule has 4 heteroatoms. The van der Waals surface area contributed by atoms with Gasteiger partial charge >= 0.3 is 0 Å². The first-order valence-corrected chi connectivity index (χ1v) is 8.67. The van der Waals surface area contributed by atoms with Gasteiger partial charge in [-0.05, 0) is 59.8 Å². The van der Waals surface area contributed by atoms with Gasteiger partial charge in [-0.25, -0.2) is 10.0 Å². The molecule has 1 atom stereocenters. The maximum absolute atomic E-state index is 5.98. The molecule has 0 spiro atoms. The van der Waals surface area contributed by atoms with Gasteiger partial charge < -0.3 is 9.47 Å². The van der Waals surface area contributed by atoms with Gasteiger partial charge in [-0.1, -0.05) is 0 Å². The first-order chi connectivity index (χ1) is 9.88. The minimum atomic E-state index is 0.275. The minimum absolute atomic E-state index is 0.275. The van der Waals surface area contributed by atoms with Gasteiger partial charge in [0.2, 0.25) is 0 Å². The van der Waals surface area contributed by atoms with Crippen LogP contribution in [0.2, 0.25) is 0 Å². The van der Waals surface area contributed by atoms with Crippen molar-refractivity contribution in [1.29, 1.82) is 0 Å². The zero-order valence-electron chi connectivity index (χ0n) is 14.2. The van der Waals surface area contributed by atoms with E-state index in [1.807, 2.05) is 0 Å². The van der Waals surface area contributed by atoms with Crippen LogP contribution >= 0.6 is 0 Å². The Morgan fingerprint density at radius 3 is 2.14 bits per heavy atom. The first-order valence-electron chi connectivity index (χ1n) is 8.67. The summed E-state index contributed by atoms with van der Waals surface area (Å²) in [6, 6.07) is 0. The van der Waals surface area contributed by atoms with E-state index in [-0.39, 0.29) is 11.1 Å². The number of hydrazine groups is 1. The van der Waals surface area contributed by atoms with Crippen molar-refractivity contribution in [2.75, 3.05) is 26.3 Å². The maximum Gasteiger partial charge on any atom is 0.104 e. The molecule has 0 saturated carbocycles. The second kappa shape index (κ2) is 5.80. The standard InChI is InChI=1S/C17H32N2O2/c1-16(2)8-5-9-17(3,4)19(16)18-10-6-14(7-11-18)20-12-15-13-21-15/h14-15H,5-13H2,1-4H3. The molecule has 4 nitrogen and oxygen atoms in total. The molecular weight excluding hydrogens is 264 g/mol. The Labute approximate surface area is 129 Å². The molecule has 3 fully saturated rings. The topological polar surface area (TPSA) is 28.2 Å². The molecule has 3 aliphatic rings. The summed E-state index contributed by atoms with van der Waals surface area (Å²) in [5.74, 6) is 0. The lowest BCUT2D eigenvalue weighted by molar-refractivity contribution is -0.198. The zero-order chi connectivity index (χ0) is 15.1. The summed E-state index contributed by atoms with van der Waals surface area (Å²) in [5, 5.41) is 5.29. The van der Waals surface area contributed by atoms with Gasteiger partial charge in [0.1, 0.15) is 6.10 Å². The molecule has 0 aromatic carbocycles. The third-order valence-corrected chi connectivity index (χ3v) is 5.35. The number of hydrogen-bond acceptors (Lipinski definition) is 4. The fraction of sp³-hybridized carbons (Fsp3) is 1.00. The van der Waals surface area contributed by atoms with E-state index in [1.165, 1.54) is 19.3 Å². The van der Waals surface area contributed by atoms with Crippen LogP contribution in [0.1, 0.15) is 59.8 Å². The van der Waals surface area contributed by atoms with E-state index in [0.29, 0.717) is 12.2 Å². The molecule has 1 unspecified atom stereocenters. The number of ether oxygens (including phenoxy) is 2. The van der Waals surface area contributed by atoms with Crippen LogP contribution in [0.5, 0.6) is 0 Å². The summed E-state index contributed by atoms with van der Waals surface area (Å²) < 4.78 is 11.2. The number of piperidine rings is 2. The van der Waals surface area contributed by atoms with E-state index in [1.54, 1.807) is 0 Å². The highest BCUT2D eigenvalue weighted by Gasteiger charge is 2.45. The zero-order valence-corrected chi connectivity index (χ0v) is 14.2. The van der Waals surface area contributed by atoms with Gasteiger partial charge in [0, 0.05) is 24.2 Å².